The molecule has 1 atom stereocenters. The van der Waals surface area contributed by atoms with Crippen molar-refractivity contribution in [2.24, 2.45) is 0 Å². The molecular weight excluding hydrogens is 296 g/mol. The Labute approximate surface area is 150 Å². The van der Waals surface area contributed by atoms with E-state index in [9.17, 15) is 0 Å². The van der Waals surface area contributed by atoms with E-state index in [1.54, 1.807) is 0 Å². The normalized spacial score (nSPS) is 28.1. The summed E-state index contributed by atoms with van der Waals surface area (Å²) >= 11 is 0. The van der Waals surface area contributed by atoms with Crippen molar-refractivity contribution in [3.05, 3.63) is 0 Å². The Bertz CT molecular complexity index is 419. The molecule has 3 rings (SSSR count). The highest BCUT2D eigenvalue weighted by atomic mass is 15.4. The summed E-state index contributed by atoms with van der Waals surface area (Å²) < 4.78 is 0. The number of nitrogens with zero attached hydrogens (tertiary/aromatic N) is 4. The van der Waals surface area contributed by atoms with Gasteiger partial charge in [-0.15, -0.1) is 0 Å². The van der Waals surface area contributed by atoms with Crippen LogP contribution in [0.2, 0.25) is 0 Å². The van der Waals surface area contributed by atoms with Crippen molar-refractivity contribution in [3.63, 3.8) is 0 Å². The second kappa shape index (κ2) is 6.86. The van der Waals surface area contributed by atoms with Crippen LogP contribution in [0.25, 0.3) is 0 Å². The van der Waals surface area contributed by atoms with Crippen LogP contribution in [0.15, 0.2) is 0 Å². The van der Waals surface area contributed by atoms with Gasteiger partial charge in [-0.05, 0) is 60.9 Å². The fourth-order valence-electron chi connectivity index (χ4n) is 5.03. The van der Waals surface area contributed by atoms with Gasteiger partial charge in [-0.25, -0.2) is 0 Å². The third kappa shape index (κ3) is 3.53. The van der Waals surface area contributed by atoms with Gasteiger partial charge in [0.1, 0.15) is 0 Å². The molecule has 4 nitrogen and oxygen atoms in total. The highest BCUT2D eigenvalue weighted by molar-refractivity contribution is 5.14. The van der Waals surface area contributed by atoms with Crippen LogP contribution in [0, 0.1) is 0 Å². The first-order valence-electron chi connectivity index (χ1n) is 10.2. The maximum absolute atomic E-state index is 2.84. The van der Waals surface area contributed by atoms with Crippen LogP contribution < -0.4 is 0 Å². The molecule has 3 aliphatic rings. The highest BCUT2D eigenvalue weighted by Crippen LogP contribution is 2.45. The molecule has 0 N–H and O–H groups in total. The number of hydrogen-bond donors (Lipinski definition) is 0. The number of likely N-dealkylation sites (tertiary alicyclic amines) is 2. The molecule has 0 amide bonds. The van der Waals surface area contributed by atoms with Crippen LogP contribution in [-0.4, -0.2) is 95.6 Å². The standard InChI is InChI=1S/C20H40N4/c1-17(2)23-15-20(16-23)9-10-24(20)19(4,5)8-7-18(3)22-13-11-21(6)12-14-22/h17-18H,7-16H2,1-6H3. The Kier molecular flexibility index (Phi) is 5.33. The Morgan fingerprint density at radius 1 is 0.917 bits per heavy atom. The molecule has 0 aromatic carbocycles. The van der Waals surface area contributed by atoms with E-state index in [2.05, 4.69) is 61.3 Å². The number of piperazine rings is 1. The van der Waals surface area contributed by atoms with Crippen molar-refractivity contribution in [1.82, 2.24) is 19.6 Å². The second-order valence-corrected chi connectivity index (χ2v) is 9.66. The van der Waals surface area contributed by atoms with Crippen molar-refractivity contribution >= 4 is 0 Å². The Balaban J connectivity index is 1.48. The zero-order valence-electron chi connectivity index (χ0n) is 17.0. The number of rotatable bonds is 6. The smallest absolute Gasteiger partial charge is 0.0480 e. The van der Waals surface area contributed by atoms with Crippen LogP contribution in [0.3, 0.4) is 0 Å². The van der Waals surface area contributed by atoms with Gasteiger partial charge in [-0.1, -0.05) is 0 Å². The van der Waals surface area contributed by atoms with Gasteiger partial charge in [0, 0.05) is 69.0 Å². The third-order valence-electron chi connectivity index (χ3n) is 7.16. The van der Waals surface area contributed by atoms with Gasteiger partial charge in [-0.3, -0.25) is 14.7 Å². The van der Waals surface area contributed by atoms with Crippen LogP contribution in [0.4, 0.5) is 0 Å². The molecule has 1 unspecified atom stereocenters. The summed E-state index contributed by atoms with van der Waals surface area (Å²) in [5.41, 5.74) is 0.868. The lowest BCUT2D eigenvalue weighted by atomic mass is 9.72. The van der Waals surface area contributed by atoms with Crippen LogP contribution >= 0.6 is 0 Å². The predicted octanol–water partition coefficient (Wildman–Crippen LogP) is 2.35. The molecule has 0 aromatic heterocycles. The Morgan fingerprint density at radius 3 is 2.04 bits per heavy atom. The quantitative estimate of drug-likeness (QED) is 0.738. The fourth-order valence-corrected chi connectivity index (χ4v) is 5.03. The molecule has 3 saturated heterocycles. The van der Waals surface area contributed by atoms with E-state index in [4.69, 9.17) is 0 Å². The van der Waals surface area contributed by atoms with Crippen LogP contribution in [-0.2, 0) is 0 Å². The van der Waals surface area contributed by atoms with Gasteiger partial charge < -0.3 is 4.90 Å². The van der Waals surface area contributed by atoms with Crippen molar-refractivity contribution in [3.8, 4) is 0 Å². The summed E-state index contributed by atoms with van der Waals surface area (Å²) in [6.45, 7) is 20.9. The summed E-state index contributed by atoms with van der Waals surface area (Å²) in [5.74, 6) is 0. The summed E-state index contributed by atoms with van der Waals surface area (Å²) in [6.07, 6.45) is 4.06. The zero-order chi connectivity index (χ0) is 17.5. The first-order valence-corrected chi connectivity index (χ1v) is 10.2. The molecular formula is C20H40N4. The van der Waals surface area contributed by atoms with Crippen molar-refractivity contribution in [2.45, 2.75) is 77.0 Å². The molecule has 0 aromatic rings. The average molecular weight is 337 g/mol. The lowest BCUT2D eigenvalue weighted by Crippen LogP contribution is -2.80. The van der Waals surface area contributed by atoms with Crippen molar-refractivity contribution in [1.29, 1.82) is 0 Å². The summed E-state index contributed by atoms with van der Waals surface area (Å²) in [7, 11) is 2.24. The van der Waals surface area contributed by atoms with E-state index < -0.39 is 0 Å². The van der Waals surface area contributed by atoms with E-state index in [0.717, 1.165) is 6.04 Å². The molecule has 3 aliphatic heterocycles. The number of hydrogen-bond acceptors (Lipinski definition) is 4. The zero-order valence-corrected chi connectivity index (χ0v) is 17.0. The lowest BCUT2D eigenvalue weighted by molar-refractivity contribution is -0.176. The monoisotopic (exact) mass is 336 g/mol. The van der Waals surface area contributed by atoms with Gasteiger partial charge in [0.05, 0.1) is 0 Å². The maximum atomic E-state index is 2.84. The molecule has 4 heteroatoms. The molecule has 3 fully saturated rings. The molecule has 3 heterocycles. The molecule has 0 aliphatic carbocycles. The molecule has 140 valence electrons. The molecule has 0 saturated carbocycles. The van der Waals surface area contributed by atoms with Gasteiger partial charge in [0.25, 0.3) is 0 Å². The summed E-state index contributed by atoms with van der Waals surface area (Å²) in [6, 6.07) is 1.43. The predicted molar refractivity (Wildman–Crippen MR) is 103 cm³/mol. The van der Waals surface area contributed by atoms with Gasteiger partial charge in [0.2, 0.25) is 0 Å². The van der Waals surface area contributed by atoms with Gasteiger partial charge in [-0.2, -0.15) is 0 Å². The van der Waals surface area contributed by atoms with Crippen molar-refractivity contribution < 1.29 is 0 Å². The third-order valence-corrected chi connectivity index (χ3v) is 7.16. The minimum atomic E-state index is 0.349. The van der Waals surface area contributed by atoms with Gasteiger partial charge >= 0.3 is 0 Å². The largest absolute Gasteiger partial charge is 0.304 e. The van der Waals surface area contributed by atoms with E-state index in [1.165, 1.54) is 65.1 Å². The molecule has 1 spiro atoms. The lowest BCUT2D eigenvalue weighted by Gasteiger charge is -2.68. The minimum Gasteiger partial charge on any atom is -0.304 e. The van der Waals surface area contributed by atoms with Crippen LogP contribution in [0.5, 0.6) is 0 Å². The SMILES string of the molecule is CC(C)N1CC2(CCN2C(C)(C)CCC(C)N2CCN(C)CC2)C1. The molecule has 24 heavy (non-hydrogen) atoms. The highest BCUT2D eigenvalue weighted by Gasteiger charge is 2.57. The first-order chi connectivity index (χ1) is 11.2. The molecule has 0 bridgehead atoms. The summed E-state index contributed by atoms with van der Waals surface area (Å²) in [4.78, 5) is 10.6. The Morgan fingerprint density at radius 2 is 1.54 bits per heavy atom. The summed E-state index contributed by atoms with van der Waals surface area (Å²) in [5, 5.41) is 0. The Hall–Kier alpha value is -0.160. The van der Waals surface area contributed by atoms with Crippen LogP contribution in [0.1, 0.15) is 53.9 Å². The van der Waals surface area contributed by atoms with E-state index in [-0.39, 0.29) is 0 Å². The van der Waals surface area contributed by atoms with E-state index >= 15 is 0 Å². The fraction of sp³-hybridized carbons (Fsp3) is 1.00. The minimum absolute atomic E-state index is 0.349. The van der Waals surface area contributed by atoms with Crippen molar-refractivity contribution in [2.75, 3.05) is 52.9 Å². The molecule has 0 radical (unpaired) electrons. The van der Waals surface area contributed by atoms with E-state index in [1.807, 2.05) is 0 Å². The topological polar surface area (TPSA) is 13.0 Å². The second-order valence-electron chi connectivity index (χ2n) is 9.66. The first kappa shape index (κ1) is 18.6. The maximum Gasteiger partial charge on any atom is 0.0480 e. The van der Waals surface area contributed by atoms with Gasteiger partial charge in [0.15, 0.2) is 0 Å². The number of likely N-dealkylation sites (N-methyl/N-ethyl adjacent to an activating group) is 1. The van der Waals surface area contributed by atoms with E-state index in [0.29, 0.717) is 17.1 Å². The average Bonchev–Trinajstić information content (AvgIpc) is 2.42.